The minimum atomic E-state index is 0. The fraction of sp³-hybridized carbons (Fsp3) is 0.240. The first kappa shape index (κ1) is 21.9. The fourth-order valence-corrected chi connectivity index (χ4v) is 3.73. The van der Waals surface area contributed by atoms with E-state index in [0.717, 1.165) is 16.8 Å². The Morgan fingerprint density at radius 1 is 1.00 bits per heavy atom. The van der Waals surface area contributed by atoms with E-state index in [0.29, 0.717) is 23.3 Å². The Morgan fingerprint density at radius 2 is 1.70 bits per heavy atom. The molecule has 0 N–H and O–H groups in total. The van der Waals surface area contributed by atoms with Crippen LogP contribution in [0.2, 0.25) is 0 Å². The molecule has 0 aliphatic rings. The average molecular weight is 572 g/mol. The van der Waals surface area contributed by atoms with Crippen LogP contribution in [0.25, 0.3) is 33.0 Å². The molecule has 0 fully saturated rings. The summed E-state index contributed by atoms with van der Waals surface area (Å²) in [4.78, 5) is 8.36. The van der Waals surface area contributed by atoms with Crippen molar-refractivity contribution in [2.75, 3.05) is 0 Å². The van der Waals surface area contributed by atoms with E-state index in [4.69, 9.17) is 11.6 Å². The second-order valence-electron chi connectivity index (χ2n) is 7.82. The van der Waals surface area contributed by atoms with Gasteiger partial charge in [0.2, 0.25) is 0 Å². The van der Waals surface area contributed by atoms with E-state index in [-0.39, 0.29) is 20.1 Å². The molecule has 0 atom stereocenters. The van der Waals surface area contributed by atoms with Crippen LogP contribution in [0.15, 0.2) is 54.7 Å². The van der Waals surface area contributed by atoms with Crippen molar-refractivity contribution in [1.82, 2.24) is 14.6 Å². The Labute approximate surface area is 191 Å². The quantitative estimate of drug-likeness (QED) is 0.257. The maximum absolute atomic E-state index is 7.25. The summed E-state index contributed by atoms with van der Waals surface area (Å²) in [5.74, 6) is 1.38. The van der Waals surface area contributed by atoms with Crippen molar-refractivity contribution in [2.45, 2.75) is 39.5 Å². The minimum Gasteiger partial charge on any atom is -0.259 e. The summed E-state index contributed by atoms with van der Waals surface area (Å²) in [5, 5.41) is 4.66. The minimum absolute atomic E-state index is 0. The number of hydrogen-bond donors (Lipinski definition) is 0. The monoisotopic (exact) mass is 572 g/mol. The molecule has 4 aromatic rings. The van der Waals surface area contributed by atoms with Gasteiger partial charge < -0.3 is 0 Å². The van der Waals surface area contributed by atoms with E-state index in [2.05, 4.69) is 68.0 Å². The van der Waals surface area contributed by atoms with Crippen LogP contribution in [0.1, 0.15) is 50.7 Å². The van der Waals surface area contributed by atoms with Crippen LogP contribution in [-0.2, 0) is 20.1 Å². The maximum Gasteiger partial charge on any atom is 0.153 e. The second kappa shape index (κ2) is 8.91. The molecule has 2 heterocycles. The first-order chi connectivity index (χ1) is 14.0. The van der Waals surface area contributed by atoms with Gasteiger partial charge in [0.1, 0.15) is 5.69 Å². The molecule has 0 spiro atoms. The standard InChI is InChI=1S/C25H23N4.Ir/c1-16(2)20-11-7-12-21(17(3)4)23(20)22-13-8-14-29-25(22)27-24(28-29)18-9-6-10-19(15-18)26-5;/h6-8,10-17H,1-4H3;/q-1;. The number of fused-ring (bicyclic) bond motifs is 1. The molecule has 0 saturated heterocycles. The van der Waals surface area contributed by atoms with Crippen LogP contribution >= 0.6 is 0 Å². The van der Waals surface area contributed by atoms with Gasteiger partial charge in [0, 0.05) is 31.9 Å². The number of pyridine rings is 1. The second-order valence-corrected chi connectivity index (χ2v) is 7.82. The maximum atomic E-state index is 7.25. The van der Waals surface area contributed by atoms with Gasteiger partial charge in [-0.15, -0.1) is 23.8 Å². The van der Waals surface area contributed by atoms with Gasteiger partial charge in [-0.3, -0.25) is 9.83 Å². The van der Waals surface area contributed by atoms with Gasteiger partial charge in [0.15, 0.2) is 5.65 Å². The SMILES string of the molecule is [C-]#[N+]c1cc[c-]c(-c2nc3c(-c4c(C(C)C)cccc4C(C)C)cccn3n2)c1.[Ir]. The normalized spacial score (nSPS) is 11.0. The van der Waals surface area contributed by atoms with Crippen molar-refractivity contribution in [3.63, 3.8) is 0 Å². The Kier molecular flexibility index (Phi) is 6.51. The van der Waals surface area contributed by atoms with Crippen LogP contribution < -0.4 is 0 Å². The Hall–Kier alpha value is -2.80. The summed E-state index contributed by atoms with van der Waals surface area (Å²) < 4.78 is 1.82. The molecule has 0 aliphatic heterocycles. The summed E-state index contributed by atoms with van der Waals surface area (Å²) in [6.45, 7) is 16.2. The van der Waals surface area contributed by atoms with E-state index in [1.807, 2.05) is 16.8 Å². The van der Waals surface area contributed by atoms with E-state index in [1.54, 1.807) is 18.2 Å². The Bertz CT molecular complexity index is 1210. The van der Waals surface area contributed by atoms with Crippen molar-refractivity contribution in [3.8, 4) is 22.5 Å². The molecule has 5 heteroatoms. The molecule has 1 radical (unpaired) electrons. The molecule has 4 nitrogen and oxygen atoms in total. The summed E-state index contributed by atoms with van der Waals surface area (Å²) in [6, 6.07) is 19.1. The molecule has 30 heavy (non-hydrogen) atoms. The first-order valence-corrected chi connectivity index (χ1v) is 9.87. The molecule has 153 valence electrons. The van der Waals surface area contributed by atoms with Gasteiger partial charge >= 0.3 is 0 Å². The number of rotatable bonds is 4. The van der Waals surface area contributed by atoms with Crippen molar-refractivity contribution in [2.24, 2.45) is 0 Å². The third-order valence-electron chi connectivity index (χ3n) is 5.16. The summed E-state index contributed by atoms with van der Waals surface area (Å²) in [6.07, 6.45) is 1.92. The largest absolute Gasteiger partial charge is 0.259 e. The predicted molar refractivity (Wildman–Crippen MR) is 117 cm³/mol. The molecule has 0 saturated carbocycles. The zero-order valence-corrected chi connectivity index (χ0v) is 19.9. The van der Waals surface area contributed by atoms with Gasteiger partial charge in [-0.1, -0.05) is 45.9 Å². The van der Waals surface area contributed by atoms with Crippen LogP contribution in [-0.4, -0.2) is 14.6 Å². The Balaban J connectivity index is 0.00000256. The van der Waals surface area contributed by atoms with Gasteiger partial charge in [-0.05, 0) is 40.7 Å². The van der Waals surface area contributed by atoms with E-state index < -0.39 is 0 Å². The van der Waals surface area contributed by atoms with Crippen LogP contribution in [0.3, 0.4) is 0 Å². The van der Waals surface area contributed by atoms with Crippen LogP contribution in [0, 0.1) is 12.6 Å². The van der Waals surface area contributed by atoms with E-state index in [1.165, 1.54) is 16.7 Å². The molecule has 0 unspecified atom stereocenters. The molecule has 0 aliphatic carbocycles. The molecule has 0 amide bonds. The Morgan fingerprint density at radius 3 is 2.33 bits per heavy atom. The molecular formula is C25H23IrN4-. The zero-order chi connectivity index (χ0) is 20.5. The van der Waals surface area contributed by atoms with E-state index >= 15 is 0 Å². The number of nitrogens with zero attached hydrogens (tertiary/aromatic N) is 4. The van der Waals surface area contributed by atoms with Gasteiger partial charge in [0.25, 0.3) is 0 Å². The molecule has 2 aromatic heterocycles. The van der Waals surface area contributed by atoms with Crippen molar-refractivity contribution in [1.29, 1.82) is 0 Å². The fourth-order valence-electron chi connectivity index (χ4n) is 3.73. The summed E-state index contributed by atoms with van der Waals surface area (Å²) >= 11 is 0. The van der Waals surface area contributed by atoms with Crippen molar-refractivity contribution >= 4 is 11.3 Å². The summed E-state index contributed by atoms with van der Waals surface area (Å²) in [5.41, 5.74) is 7.07. The predicted octanol–water partition coefficient (Wildman–Crippen LogP) is 6.66. The number of aromatic nitrogens is 3. The average Bonchev–Trinajstić information content (AvgIpc) is 3.17. The third kappa shape index (κ3) is 3.94. The smallest absolute Gasteiger partial charge is 0.153 e. The van der Waals surface area contributed by atoms with Crippen molar-refractivity contribution < 1.29 is 20.1 Å². The van der Waals surface area contributed by atoms with Gasteiger partial charge in [0.05, 0.1) is 12.4 Å². The van der Waals surface area contributed by atoms with Gasteiger partial charge in [-0.25, -0.2) is 4.52 Å². The number of benzene rings is 2. The van der Waals surface area contributed by atoms with Crippen molar-refractivity contribution in [3.05, 3.63) is 83.3 Å². The first-order valence-electron chi connectivity index (χ1n) is 9.87. The molecule has 2 aromatic carbocycles. The third-order valence-corrected chi connectivity index (χ3v) is 5.16. The van der Waals surface area contributed by atoms with Crippen LogP contribution in [0.5, 0.6) is 0 Å². The topological polar surface area (TPSA) is 34.5 Å². The van der Waals surface area contributed by atoms with E-state index in [9.17, 15) is 0 Å². The molecule has 0 bridgehead atoms. The zero-order valence-electron chi connectivity index (χ0n) is 17.5. The summed E-state index contributed by atoms with van der Waals surface area (Å²) in [7, 11) is 0. The van der Waals surface area contributed by atoms with Gasteiger partial charge in [-0.2, -0.15) is 11.2 Å². The molecule has 4 rings (SSSR count). The van der Waals surface area contributed by atoms with Crippen LogP contribution in [0.4, 0.5) is 5.69 Å². The number of hydrogen-bond acceptors (Lipinski definition) is 2. The molecular weight excluding hydrogens is 549 g/mol.